The molecule has 50 heavy (non-hydrogen) atoms. The number of aliphatic hydroxyl groups is 6. The zero-order chi connectivity index (χ0) is 36.7. The van der Waals surface area contributed by atoms with Gasteiger partial charge < -0.3 is 69.6 Å². The van der Waals surface area contributed by atoms with Crippen LogP contribution in [0.25, 0.3) is 0 Å². The van der Waals surface area contributed by atoms with E-state index in [2.05, 4.69) is 0 Å². The number of phenolic OH excluding ortho intramolecular Hbond substituents is 2. The normalized spacial score (nSPS) is 33.8. The number of ketones is 1. The second-order valence-corrected chi connectivity index (χ2v) is 13.0. The highest BCUT2D eigenvalue weighted by Gasteiger charge is 2.51. The van der Waals surface area contributed by atoms with Crippen LogP contribution in [-0.2, 0) is 28.5 Å². The van der Waals surface area contributed by atoms with Crippen LogP contribution in [0.1, 0.15) is 66.8 Å². The van der Waals surface area contributed by atoms with Gasteiger partial charge in [-0.3, -0.25) is 14.4 Å². The first-order chi connectivity index (χ1) is 23.5. The number of benzene rings is 2. The van der Waals surface area contributed by atoms with E-state index in [1.165, 1.54) is 25.1 Å². The Morgan fingerprint density at radius 3 is 2.24 bits per heavy atom. The molecule has 12 atom stereocenters. The van der Waals surface area contributed by atoms with Gasteiger partial charge in [0, 0.05) is 0 Å². The lowest BCUT2D eigenvalue weighted by molar-refractivity contribution is -0.338. The fraction of sp³-hybridized carbons (Fsp3) is 0.545. The van der Waals surface area contributed by atoms with E-state index in [-0.39, 0.29) is 29.0 Å². The van der Waals surface area contributed by atoms with Crippen LogP contribution < -0.4 is 4.74 Å². The summed E-state index contributed by atoms with van der Waals surface area (Å²) in [5.41, 5.74) is -1.53. The Labute approximate surface area is 284 Å². The van der Waals surface area contributed by atoms with E-state index in [4.69, 9.17) is 28.8 Å². The average Bonchev–Trinajstić information content (AvgIpc) is 3.03. The molecule has 17 nitrogen and oxygen atoms in total. The van der Waals surface area contributed by atoms with Crippen LogP contribution in [0.5, 0.6) is 17.2 Å². The summed E-state index contributed by atoms with van der Waals surface area (Å²) in [6.07, 6.45) is -18.5. The molecule has 17 heteroatoms. The Morgan fingerprint density at radius 1 is 0.900 bits per heavy atom. The number of esters is 1. The zero-order valence-electron chi connectivity index (χ0n) is 26.9. The molecule has 0 aliphatic carbocycles. The molecule has 3 aliphatic rings. The van der Waals surface area contributed by atoms with Crippen molar-refractivity contribution in [1.29, 1.82) is 0 Å². The van der Waals surface area contributed by atoms with Crippen molar-refractivity contribution < 1.29 is 84.0 Å². The molecule has 0 aromatic heterocycles. The van der Waals surface area contributed by atoms with Gasteiger partial charge in [-0.15, -0.1) is 0 Å². The number of hydrogen-bond donors (Lipinski definition) is 9. The largest absolute Gasteiger partial charge is 0.508 e. The molecule has 0 radical (unpaired) electrons. The Morgan fingerprint density at radius 2 is 1.58 bits per heavy atom. The summed E-state index contributed by atoms with van der Waals surface area (Å²) in [6.45, 7) is 1.81. The van der Waals surface area contributed by atoms with Gasteiger partial charge in [-0.1, -0.05) is 12.1 Å². The lowest BCUT2D eigenvalue weighted by Gasteiger charge is -2.46. The lowest BCUT2D eigenvalue weighted by Crippen LogP contribution is -2.62. The number of ether oxygens (including phenoxy) is 5. The second-order valence-electron chi connectivity index (χ2n) is 13.0. The Kier molecular flexibility index (Phi) is 11.0. The molecule has 0 spiro atoms. The number of phenols is 2. The van der Waals surface area contributed by atoms with Crippen molar-refractivity contribution in [2.24, 2.45) is 0 Å². The smallest absolute Gasteiger partial charge is 0.308 e. The maximum atomic E-state index is 13.1. The minimum Gasteiger partial charge on any atom is -0.508 e. The van der Waals surface area contributed by atoms with Gasteiger partial charge in [-0.2, -0.15) is 0 Å². The van der Waals surface area contributed by atoms with Crippen LogP contribution >= 0.6 is 0 Å². The number of carboxylic acid groups (broad SMARTS) is 1. The highest BCUT2D eigenvalue weighted by Crippen LogP contribution is 2.44. The fourth-order valence-electron chi connectivity index (χ4n) is 6.20. The standard InChI is InChI=1S/C33H40O17/c1-13-25(40)27(42)29(44)32(47-13)50-31-28(43)26(41)21(12-46-23(39)11-33(2,45)10-22(37)38)49-30(31)15-7-17(35)24-18(36)9-19(48-20(24)8-15)14-3-5-16(34)6-4-14/h3-8,13,19,21,25-32,34-35,40-45H,9-12H2,1-2H3,(H,37,38). The molecular weight excluding hydrogens is 668 g/mol. The molecule has 2 fully saturated rings. The summed E-state index contributed by atoms with van der Waals surface area (Å²) in [5, 5.41) is 93.4. The van der Waals surface area contributed by atoms with E-state index >= 15 is 0 Å². The van der Waals surface area contributed by atoms with Crippen LogP contribution in [0, 0.1) is 0 Å². The number of aliphatic carboxylic acids is 1. The van der Waals surface area contributed by atoms with Gasteiger partial charge >= 0.3 is 11.9 Å². The summed E-state index contributed by atoms with van der Waals surface area (Å²) in [4.78, 5) is 36.7. The summed E-state index contributed by atoms with van der Waals surface area (Å²) < 4.78 is 28.7. The molecule has 0 saturated carbocycles. The van der Waals surface area contributed by atoms with E-state index in [0.717, 1.165) is 13.0 Å². The molecule has 3 aliphatic heterocycles. The van der Waals surface area contributed by atoms with Crippen molar-refractivity contribution in [2.75, 3.05) is 6.61 Å². The van der Waals surface area contributed by atoms with E-state index < -0.39 is 116 Å². The first-order valence-corrected chi connectivity index (χ1v) is 15.8. The summed E-state index contributed by atoms with van der Waals surface area (Å²) in [7, 11) is 0. The number of Topliss-reactive ketones (excluding diaryl/α,β-unsaturated/α-hetero) is 1. The van der Waals surface area contributed by atoms with E-state index in [1.54, 1.807) is 12.1 Å². The molecule has 2 aromatic rings. The zero-order valence-corrected chi connectivity index (χ0v) is 26.9. The molecule has 3 heterocycles. The van der Waals surface area contributed by atoms with Gasteiger partial charge in [0.25, 0.3) is 0 Å². The molecule has 2 saturated heterocycles. The molecule has 2 aromatic carbocycles. The van der Waals surface area contributed by atoms with Gasteiger partial charge in [0.15, 0.2) is 12.1 Å². The Bertz CT molecular complexity index is 1560. The van der Waals surface area contributed by atoms with Gasteiger partial charge in [0.2, 0.25) is 0 Å². The highest BCUT2D eigenvalue weighted by atomic mass is 16.7. The molecule has 5 rings (SSSR count). The summed E-state index contributed by atoms with van der Waals surface area (Å²) in [6, 6.07) is 8.41. The lowest BCUT2D eigenvalue weighted by atomic mass is 9.88. The third-order valence-electron chi connectivity index (χ3n) is 8.87. The maximum absolute atomic E-state index is 13.1. The van der Waals surface area contributed by atoms with Crippen molar-refractivity contribution in [1.82, 2.24) is 0 Å². The first kappa shape index (κ1) is 37.3. The quantitative estimate of drug-likeness (QED) is 0.139. The van der Waals surface area contributed by atoms with Gasteiger partial charge in [0.05, 0.1) is 31.0 Å². The fourth-order valence-corrected chi connectivity index (χ4v) is 6.20. The minimum absolute atomic E-state index is 0.00758. The monoisotopic (exact) mass is 708 g/mol. The third kappa shape index (κ3) is 8.01. The highest BCUT2D eigenvalue weighted by molar-refractivity contribution is 6.02. The van der Waals surface area contributed by atoms with Crippen molar-refractivity contribution in [3.05, 3.63) is 53.1 Å². The van der Waals surface area contributed by atoms with E-state index in [0.29, 0.717) is 5.56 Å². The maximum Gasteiger partial charge on any atom is 0.308 e. The predicted molar refractivity (Wildman–Crippen MR) is 164 cm³/mol. The number of carbonyl (C=O) groups excluding carboxylic acids is 2. The van der Waals surface area contributed by atoms with E-state index in [9.17, 15) is 55.2 Å². The Hall–Kier alpha value is -3.91. The van der Waals surface area contributed by atoms with Crippen molar-refractivity contribution in [3.63, 3.8) is 0 Å². The summed E-state index contributed by atoms with van der Waals surface area (Å²) >= 11 is 0. The number of carbonyl (C=O) groups is 3. The van der Waals surface area contributed by atoms with Gasteiger partial charge in [-0.05, 0) is 49.2 Å². The van der Waals surface area contributed by atoms with Crippen molar-refractivity contribution in [3.8, 4) is 17.2 Å². The first-order valence-electron chi connectivity index (χ1n) is 15.8. The number of rotatable bonds is 10. The van der Waals surface area contributed by atoms with Crippen LogP contribution in [0.4, 0.5) is 0 Å². The SMILES string of the molecule is CC1OC(OC2C(c3cc(O)c4c(c3)OC(c3ccc(O)cc3)CC4=O)OC(COC(=O)CC(C)(O)CC(=O)O)C(O)C2O)C(O)C(O)C1O. The van der Waals surface area contributed by atoms with Crippen LogP contribution in [0.3, 0.4) is 0 Å². The molecule has 12 unspecified atom stereocenters. The molecular formula is C33H40O17. The number of aliphatic hydroxyl groups excluding tert-OH is 5. The third-order valence-corrected chi connectivity index (χ3v) is 8.87. The topological polar surface area (TPSA) is 279 Å². The molecule has 274 valence electrons. The summed E-state index contributed by atoms with van der Waals surface area (Å²) in [5.74, 6) is -3.49. The Balaban J connectivity index is 1.45. The number of carboxylic acids is 1. The molecule has 0 bridgehead atoms. The molecule has 0 amide bonds. The van der Waals surface area contributed by atoms with Gasteiger partial charge in [-0.25, -0.2) is 0 Å². The van der Waals surface area contributed by atoms with Crippen LogP contribution in [0.2, 0.25) is 0 Å². The van der Waals surface area contributed by atoms with Crippen LogP contribution in [-0.4, -0.2) is 131 Å². The average molecular weight is 709 g/mol. The van der Waals surface area contributed by atoms with Crippen molar-refractivity contribution in [2.45, 2.75) is 106 Å². The van der Waals surface area contributed by atoms with Gasteiger partial charge in [0.1, 0.15) is 84.4 Å². The molecule has 9 N–H and O–H groups in total. The van der Waals surface area contributed by atoms with Crippen molar-refractivity contribution >= 4 is 17.7 Å². The number of fused-ring (bicyclic) bond motifs is 1. The minimum atomic E-state index is -1.96. The second kappa shape index (κ2) is 14.7. The number of hydrogen-bond acceptors (Lipinski definition) is 16. The number of aromatic hydroxyl groups is 2. The van der Waals surface area contributed by atoms with Crippen LogP contribution in [0.15, 0.2) is 36.4 Å². The predicted octanol–water partition coefficient (Wildman–Crippen LogP) is -0.662. The van der Waals surface area contributed by atoms with E-state index in [1.807, 2.05) is 0 Å².